The van der Waals surface area contributed by atoms with E-state index in [0.29, 0.717) is 24.0 Å². The summed E-state index contributed by atoms with van der Waals surface area (Å²) in [5.41, 5.74) is 12.0. The number of benzene rings is 2. The Morgan fingerprint density at radius 1 is 0.611 bits per heavy atom. The highest BCUT2D eigenvalue weighted by molar-refractivity contribution is 5.99. The van der Waals surface area contributed by atoms with Gasteiger partial charge in [0.15, 0.2) is 0 Å². The number of β-amino-alcohol motifs (C(OH)–C–C–N with tert-alkyl or cyclic N) is 2. The fourth-order valence-electron chi connectivity index (χ4n) is 10.6. The largest absolute Gasteiger partial charge is 0.508 e. The van der Waals surface area contributed by atoms with Crippen molar-refractivity contribution in [3.05, 3.63) is 59.7 Å². The number of carboxylic acid groups (broad SMARTS) is 1. The number of halogens is 3. The number of nitrogens with two attached hydrogens (primary N) is 2. The Kier molecular flexibility index (Phi) is 27.0. The van der Waals surface area contributed by atoms with E-state index in [1.165, 1.54) is 55.5 Å². The molecule has 2 aromatic rings. The zero-order chi connectivity index (χ0) is 66.7. The average Bonchev–Trinajstić information content (AvgIpc) is 1.71. The van der Waals surface area contributed by atoms with Crippen molar-refractivity contribution in [2.45, 2.75) is 176 Å². The van der Waals surface area contributed by atoms with E-state index in [0.717, 1.165) is 21.6 Å². The summed E-state index contributed by atoms with van der Waals surface area (Å²) < 4.78 is 38.1. The minimum absolute atomic E-state index is 0.0135. The third kappa shape index (κ3) is 20.7. The molecule has 10 amide bonds. The zero-order valence-corrected chi connectivity index (χ0v) is 49.6. The van der Waals surface area contributed by atoms with E-state index in [4.69, 9.17) is 11.5 Å². The first-order valence-corrected chi connectivity index (χ1v) is 29.4. The minimum atomic E-state index is -5.13. The van der Waals surface area contributed by atoms with Crippen LogP contribution in [0.5, 0.6) is 11.5 Å². The highest BCUT2D eigenvalue weighted by Gasteiger charge is 2.49. The van der Waals surface area contributed by atoms with E-state index in [-0.39, 0.29) is 76.0 Å². The molecule has 33 heteroatoms. The monoisotopic (exact) mass is 1280 g/mol. The summed E-state index contributed by atoms with van der Waals surface area (Å²) in [5.74, 6) is -12.7. The normalized spacial score (nSPS) is 20.9. The SMILES string of the molecule is C[C@H](N)C(=O)N[C@@H](CCCCNC(=O)C(F)(F)F)C(=O)N1CCC[C@H]1C(=O)N[C@@H](CO)C(=O)N[C@@H](Cc1ccc(O)cc1)C(=O)N1C[C@H](O)C[C@H]1C(=O)N1C[C@H](O)C[C@H]1C(=O)N[C@H](C(=O)N[C@@H](Cc1ccc(O)cc1)C(=O)N[C@@H](CCCCN)C(=O)O)[C@H](C)O. The molecule has 0 radical (unpaired) electrons. The molecule has 5 rings (SSSR count). The van der Waals surface area contributed by atoms with Crippen molar-refractivity contribution in [2.75, 3.05) is 39.3 Å². The van der Waals surface area contributed by atoms with Gasteiger partial charge in [0.05, 0.1) is 31.0 Å². The smallest absolute Gasteiger partial charge is 0.471 e. The number of carboxylic acids is 1. The molecule has 3 heterocycles. The van der Waals surface area contributed by atoms with Gasteiger partial charge >= 0.3 is 18.1 Å². The fourth-order valence-corrected chi connectivity index (χ4v) is 10.6. The van der Waals surface area contributed by atoms with Gasteiger partial charge in [-0.2, -0.15) is 13.2 Å². The van der Waals surface area contributed by atoms with Crippen LogP contribution in [0.4, 0.5) is 13.2 Å². The van der Waals surface area contributed by atoms with Crippen molar-refractivity contribution >= 4 is 65.0 Å². The molecular weight excluding hydrogens is 1200 g/mol. The van der Waals surface area contributed by atoms with E-state index in [9.17, 15) is 102 Å². The first-order valence-electron chi connectivity index (χ1n) is 29.4. The Morgan fingerprint density at radius 3 is 1.67 bits per heavy atom. The first kappa shape index (κ1) is 72.5. The summed E-state index contributed by atoms with van der Waals surface area (Å²) in [6.07, 6.45) is -10.3. The lowest BCUT2D eigenvalue weighted by molar-refractivity contribution is -0.173. The zero-order valence-electron chi connectivity index (χ0n) is 49.6. The van der Waals surface area contributed by atoms with Gasteiger partial charge in [-0.05, 0) is 107 Å². The van der Waals surface area contributed by atoms with E-state index in [1.54, 1.807) is 5.32 Å². The van der Waals surface area contributed by atoms with Crippen LogP contribution in [0.2, 0.25) is 0 Å². The molecule has 18 N–H and O–H groups in total. The number of rotatable bonds is 31. The molecule has 3 fully saturated rings. The van der Waals surface area contributed by atoms with Crippen LogP contribution in [-0.2, 0) is 65.6 Å². The van der Waals surface area contributed by atoms with Gasteiger partial charge in [-0.3, -0.25) is 47.9 Å². The summed E-state index contributed by atoms with van der Waals surface area (Å²) in [4.78, 5) is 153. The van der Waals surface area contributed by atoms with Gasteiger partial charge in [0.25, 0.3) is 0 Å². The molecule has 2 aromatic carbocycles. The van der Waals surface area contributed by atoms with Crippen molar-refractivity contribution in [1.82, 2.24) is 51.9 Å². The van der Waals surface area contributed by atoms with Crippen molar-refractivity contribution in [3.8, 4) is 11.5 Å². The lowest BCUT2D eigenvalue weighted by atomic mass is 10.0. The van der Waals surface area contributed by atoms with E-state index in [2.05, 4.69) is 31.9 Å². The number of aliphatic carboxylic acids is 1. The maximum atomic E-state index is 14.9. The summed E-state index contributed by atoms with van der Waals surface area (Å²) in [6, 6.07) is -4.41. The molecule has 0 aliphatic carbocycles. The second-order valence-corrected chi connectivity index (χ2v) is 22.6. The predicted octanol–water partition coefficient (Wildman–Crippen LogP) is -4.51. The first-order chi connectivity index (χ1) is 42.4. The molecule has 0 bridgehead atoms. The van der Waals surface area contributed by atoms with Crippen molar-refractivity contribution < 1.29 is 102 Å². The highest BCUT2D eigenvalue weighted by atomic mass is 19.4. The molecule has 30 nitrogen and oxygen atoms in total. The number of nitrogens with zero attached hydrogens (tertiary/aromatic N) is 3. The van der Waals surface area contributed by atoms with Crippen LogP contribution in [-0.4, -0.2) is 240 Å². The maximum Gasteiger partial charge on any atom is 0.471 e. The van der Waals surface area contributed by atoms with Crippen molar-refractivity contribution in [3.63, 3.8) is 0 Å². The second-order valence-electron chi connectivity index (χ2n) is 22.6. The molecule has 90 heavy (non-hydrogen) atoms. The molecule has 0 aromatic heterocycles. The molecule has 13 atom stereocenters. The Labute approximate surface area is 515 Å². The van der Waals surface area contributed by atoms with Gasteiger partial charge in [-0.1, -0.05) is 24.3 Å². The van der Waals surface area contributed by atoms with Gasteiger partial charge in [0.1, 0.15) is 65.9 Å². The number of aromatic hydroxyl groups is 2. The number of alkyl halides is 3. The van der Waals surface area contributed by atoms with Crippen molar-refractivity contribution in [1.29, 1.82) is 0 Å². The molecule has 3 aliphatic heterocycles. The standard InChI is InChI=1S/C57H81F3N12O18/c1-29(62)46(79)64-37(8-4-6-20-63-56(90)57(58,59)60)52(85)70-21-7-10-42(70)49(82)68-41(28-73)48(81)67-40(23-32-13-17-34(76)18-14-32)53(86)72-27-36(78)25-44(72)54(87)71-26-35(77)24-43(71)50(83)69-45(30(2)74)51(84)66-39(22-31-11-15-33(75)16-12-31)47(80)65-38(55(88)89)9-3-5-19-61/h11-18,29-30,35-45,73-78H,3-10,19-28,61-62H2,1-2H3,(H,63,90)(H,64,79)(H,65,80)(H,66,84)(H,67,81)(H,68,82)(H,69,83)(H,88,89)/t29-,30-,35+,36+,37-,38-,39-,40-,41-,42-,43-,44-,45-/m0/s1. The Hall–Kier alpha value is -8.24. The van der Waals surface area contributed by atoms with Gasteiger partial charge < -0.3 is 99.1 Å². The topological polar surface area (TPSA) is 475 Å². The summed E-state index contributed by atoms with van der Waals surface area (Å²) in [5, 5.41) is 89.5. The fraction of sp³-hybridized carbons (Fsp3) is 0.596. The molecule has 3 aliphatic rings. The molecular formula is C57H81F3N12O18. The summed E-state index contributed by atoms with van der Waals surface area (Å²) >= 11 is 0. The number of aliphatic hydroxyl groups is 4. The number of likely N-dealkylation sites (tertiary alicyclic amines) is 3. The second kappa shape index (κ2) is 33.5. The molecule has 0 saturated carbocycles. The third-order valence-electron chi connectivity index (χ3n) is 15.5. The van der Waals surface area contributed by atoms with Gasteiger partial charge in [-0.25, -0.2) is 4.79 Å². The van der Waals surface area contributed by atoms with Crippen LogP contribution in [0.15, 0.2) is 48.5 Å². The van der Waals surface area contributed by atoms with Gasteiger partial charge in [0, 0.05) is 51.9 Å². The number of amides is 10. The number of carbonyl (C=O) groups excluding carboxylic acids is 10. The van der Waals surface area contributed by atoms with Crippen LogP contribution in [0, 0.1) is 0 Å². The lowest BCUT2D eigenvalue weighted by Crippen LogP contribution is -2.61. The summed E-state index contributed by atoms with van der Waals surface area (Å²) in [6.45, 7) is 0.130. The molecule has 0 unspecified atom stereocenters. The Balaban J connectivity index is 1.32. The number of carbonyl (C=O) groups is 11. The number of nitrogens with one attached hydrogen (secondary N) is 7. The number of phenolic OH excluding ortho intramolecular Hbond substituents is 2. The van der Waals surface area contributed by atoms with E-state index < -0.39 is 189 Å². The van der Waals surface area contributed by atoms with Crippen LogP contribution in [0.25, 0.3) is 0 Å². The minimum Gasteiger partial charge on any atom is -0.508 e. The average molecular weight is 1280 g/mol. The lowest BCUT2D eigenvalue weighted by Gasteiger charge is -2.33. The number of hydrogen-bond donors (Lipinski definition) is 16. The van der Waals surface area contributed by atoms with Crippen LogP contribution in [0.3, 0.4) is 0 Å². The highest BCUT2D eigenvalue weighted by Crippen LogP contribution is 2.28. The molecule has 0 spiro atoms. The van der Waals surface area contributed by atoms with E-state index >= 15 is 0 Å². The Morgan fingerprint density at radius 2 is 1.11 bits per heavy atom. The molecule has 498 valence electrons. The van der Waals surface area contributed by atoms with Crippen LogP contribution < -0.4 is 48.7 Å². The van der Waals surface area contributed by atoms with Crippen molar-refractivity contribution in [2.24, 2.45) is 11.5 Å². The van der Waals surface area contributed by atoms with Gasteiger partial charge in [0.2, 0.25) is 53.2 Å². The molecule has 3 saturated heterocycles. The predicted molar refractivity (Wildman–Crippen MR) is 308 cm³/mol. The number of hydrogen-bond acceptors (Lipinski definition) is 19. The quantitative estimate of drug-likeness (QED) is 0.0316. The van der Waals surface area contributed by atoms with E-state index in [1.807, 2.05) is 0 Å². The van der Waals surface area contributed by atoms with Crippen LogP contribution >= 0.6 is 0 Å². The number of phenols is 2. The van der Waals surface area contributed by atoms with Crippen LogP contribution in [0.1, 0.15) is 89.2 Å². The maximum absolute atomic E-state index is 14.9. The van der Waals surface area contributed by atoms with Gasteiger partial charge in [-0.15, -0.1) is 0 Å². The number of unbranched alkanes of at least 4 members (excludes halogenated alkanes) is 2. The third-order valence-corrected chi connectivity index (χ3v) is 15.5. The number of aliphatic hydroxyl groups excluding tert-OH is 4. The summed E-state index contributed by atoms with van der Waals surface area (Å²) in [7, 11) is 0. The Bertz CT molecular complexity index is 2850.